The van der Waals surface area contributed by atoms with Crippen LogP contribution in [0.2, 0.25) is 18.1 Å². The topological polar surface area (TPSA) is 20.2 Å². The van der Waals surface area contributed by atoms with E-state index < -0.39 is 8.07 Å². The molecule has 0 fully saturated rings. The van der Waals surface area contributed by atoms with Gasteiger partial charge in [0.2, 0.25) is 0 Å². The van der Waals surface area contributed by atoms with Crippen LogP contribution in [-0.2, 0) is 0 Å². The second-order valence-corrected chi connectivity index (χ2v) is 8.35. The average molecular weight is 220 g/mol. The molecule has 0 unspecified atom stereocenters. The predicted molar refractivity (Wildman–Crippen MR) is 69.0 cm³/mol. The van der Waals surface area contributed by atoms with Gasteiger partial charge in [0.25, 0.3) is 0 Å². The van der Waals surface area contributed by atoms with Crippen LogP contribution in [0.4, 0.5) is 0 Å². The van der Waals surface area contributed by atoms with Gasteiger partial charge in [0, 0.05) is 0 Å². The molecule has 1 N–H and O–H groups in total. The van der Waals surface area contributed by atoms with Crippen molar-refractivity contribution in [2.45, 2.75) is 38.9 Å². The third kappa shape index (κ3) is 5.47. The van der Waals surface area contributed by atoms with Crippen molar-refractivity contribution in [1.82, 2.24) is 0 Å². The first-order valence-corrected chi connectivity index (χ1v) is 8.13. The zero-order chi connectivity index (χ0) is 11.6. The summed E-state index contributed by atoms with van der Waals surface area (Å²) in [5, 5.41) is 8.43. The van der Waals surface area contributed by atoms with Crippen LogP contribution in [0.5, 0.6) is 0 Å². The summed E-state index contributed by atoms with van der Waals surface area (Å²) >= 11 is 0. The summed E-state index contributed by atoms with van der Waals surface area (Å²) in [5.74, 6) is 8.34. The van der Waals surface area contributed by atoms with Crippen LogP contribution in [0.1, 0.15) is 20.8 Å². The summed E-state index contributed by atoms with van der Waals surface area (Å²) in [6.07, 6.45) is 3.48. The van der Waals surface area contributed by atoms with Gasteiger partial charge >= 0.3 is 0 Å². The molecule has 0 bridgehead atoms. The molecule has 1 nitrogen and oxygen atoms in total. The highest BCUT2D eigenvalue weighted by Gasteiger charge is 2.23. The molecule has 0 amide bonds. The first-order valence-electron chi connectivity index (χ1n) is 5.51. The summed E-state index contributed by atoms with van der Waals surface area (Å²) in [6.45, 7) is 6.63. The molecule has 0 saturated carbocycles. The fraction of sp³-hybridized carbons (Fsp3) is 0.538. The SMILES string of the molecule is CC[Si](C#C/C=C\C#CCO)(CC)CC. The highest BCUT2D eigenvalue weighted by molar-refractivity contribution is 6.87. The smallest absolute Gasteiger partial charge is 0.138 e. The fourth-order valence-electron chi connectivity index (χ4n) is 1.40. The van der Waals surface area contributed by atoms with Crippen LogP contribution in [-0.4, -0.2) is 19.8 Å². The molecule has 82 valence electrons. The standard InChI is InChI=1S/C13H20OSi/c1-4-15(5-2,6-3)13-11-9-7-8-10-12-14/h7,9,14H,4-6,12H2,1-3H3/b9-7-. The Labute approximate surface area is 94.6 Å². The van der Waals surface area contributed by atoms with Gasteiger partial charge < -0.3 is 5.11 Å². The second kappa shape index (κ2) is 8.35. The van der Waals surface area contributed by atoms with Crippen molar-refractivity contribution in [3.8, 4) is 23.3 Å². The maximum atomic E-state index is 8.43. The first kappa shape index (κ1) is 14.0. The number of hydrogen-bond donors (Lipinski definition) is 1. The molecule has 0 spiro atoms. The van der Waals surface area contributed by atoms with E-state index in [2.05, 4.69) is 44.1 Å². The van der Waals surface area contributed by atoms with E-state index in [1.54, 1.807) is 12.2 Å². The minimum atomic E-state index is -1.30. The summed E-state index contributed by atoms with van der Waals surface area (Å²) in [4.78, 5) is 0. The van der Waals surface area contributed by atoms with Gasteiger partial charge in [-0.2, -0.15) is 0 Å². The van der Waals surface area contributed by atoms with Crippen molar-refractivity contribution in [1.29, 1.82) is 0 Å². The molecule has 0 rings (SSSR count). The van der Waals surface area contributed by atoms with Gasteiger partial charge in [-0.15, -0.1) is 5.54 Å². The maximum absolute atomic E-state index is 8.43. The van der Waals surface area contributed by atoms with E-state index >= 15 is 0 Å². The van der Waals surface area contributed by atoms with Gasteiger partial charge in [0.05, 0.1) is 0 Å². The van der Waals surface area contributed by atoms with E-state index in [0.29, 0.717) is 0 Å². The molecular weight excluding hydrogens is 200 g/mol. The summed E-state index contributed by atoms with van der Waals surface area (Å²) < 4.78 is 0. The van der Waals surface area contributed by atoms with Gasteiger partial charge in [-0.25, -0.2) is 0 Å². The summed E-state index contributed by atoms with van der Waals surface area (Å²) in [6, 6.07) is 3.68. The number of aliphatic hydroxyl groups excluding tert-OH is 1. The Morgan fingerprint density at radius 3 is 2.00 bits per heavy atom. The molecular formula is C13H20OSi. The molecule has 0 heterocycles. The van der Waals surface area contributed by atoms with Crippen molar-refractivity contribution in [2.24, 2.45) is 0 Å². The van der Waals surface area contributed by atoms with E-state index in [4.69, 9.17) is 5.11 Å². The Kier molecular flexibility index (Phi) is 7.82. The molecule has 15 heavy (non-hydrogen) atoms. The van der Waals surface area contributed by atoms with Crippen LogP contribution < -0.4 is 0 Å². The Morgan fingerprint density at radius 1 is 1.00 bits per heavy atom. The molecule has 0 radical (unpaired) electrons. The summed E-state index contributed by atoms with van der Waals surface area (Å²) in [5.41, 5.74) is 3.43. The third-order valence-corrected chi connectivity index (χ3v) is 7.53. The molecule has 0 aromatic carbocycles. The van der Waals surface area contributed by atoms with Gasteiger partial charge in [-0.1, -0.05) is 38.5 Å². The molecule has 0 saturated heterocycles. The molecule has 2 heteroatoms. The average Bonchev–Trinajstić information content (AvgIpc) is 2.29. The lowest BCUT2D eigenvalue weighted by atomic mass is 10.5. The van der Waals surface area contributed by atoms with E-state index in [1.807, 2.05) is 0 Å². The predicted octanol–water partition coefficient (Wildman–Crippen LogP) is 2.59. The van der Waals surface area contributed by atoms with Crippen molar-refractivity contribution < 1.29 is 5.11 Å². The highest BCUT2D eigenvalue weighted by Crippen LogP contribution is 2.18. The molecule has 0 aliphatic heterocycles. The van der Waals surface area contributed by atoms with Crippen molar-refractivity contribution in [3.05, 3.63) is 12.2 Å². The van der Waals surface area contributed by atoms with Gasteiger partial charge in [0.1, 0.15) is 14.7 Å². The molecule has 0 aromatic rings. The van der Waals surface area contributed by atoms with Crippen LogP contribution in [0.15, 0.2) is 12.2 Å². The number of allylic oxidation sites excluding steroid dienone is 2. The first-order chi connectivity index (χ1) is 7.24. The molecule has 0 aliphatic rings. The van der Waals surface area contributed by atoms with Crippen LogP contribution >= 0.6 is 0 Å². The van der Waals surface area contributed by atoms with Crippen LogP contribution in [0.3, 0.4) is 0 Å². The van der Waals surface area contributed by atoms with Crippen molar-refractivity contribution in [3.63, 3.8) is 0 Å². The van der Waals surface area contributed by atoms with E-state index in [-0.39, 0.29) is 6.61 Å². The van der Waals surface area contributed by atoms with Crippen LogP contribution in [0.25, 0.3) is 0 Å². The van der Waals surface area contributed by atoms with E-state index in [1.165, 1.54) is 18.1 Å². The summed E-state index contributed by atoms with van der Waals surface area (Å²) in [7, 11) is -1.30. The largest absolute Gasteiger partial charge is 0.384 e. The Bertz CT molecular complexity index is 297. The third-order valence-electron chi connectivity index (χ3n) is 2.80. The Balaban J connectivity index is 4.41. The highest BCUT2D eigenvalue weighted by atomic mass is 28.3. The normalized spacial score (nSPS) is 10.4. The second-order valence-electron chi connectivity index (χ2n) is 3.42. The maximum Gasteiger partial charge on any atom is 0.138 e. The fourth-order valence-corrected chi connectivity index (χ4v) is 3.82. The minimum Gasteiger partial charge on any atom is -0.384 e. The number of rotatable bonds is 3. The minimum absolute atomic E-state index is 0.0880. The monoisotopic (exact) mass is 220 g/mol. The molecule has 0 atom stereocenters. The molecule has 0 aliphatic carbocycles. The lowest BCUT2D eigenvalue weighted by molar-refractivity contribution is 0.350. The Hall–Kier alpha value is -0.963. The van der Waals surface area contributed by atoms with Crippen molar-refractivity contribution >= 4 is 8.07 Å². The van der Waals surface area contributed by atoms with Gasteiger partial charge in [-0.3, -0.25) is 0 Å². The van der Waals surface area contributed by atoms with Crippen molar-refractivity contribution in [2.75, 3.05) is 6.61 Å². The zero-order valence-corrected chi connectivity index (χ0v) is 10.9. The Morgan fingerprint density at radius 2 is 1.53 bits per heavy atom. The van der Waals surface area contributed by atoms with Gasteiger partial charge in [-0.05, 0) is 30.3 Å². The van der Waals surface area contributed by atoms with Crippen LogP contribution in [0, 0.1) is 23.3 Å². The molecule has 0 aromatic heterocycles. The zero-order valence-electron chi connectivity index (χ0n) is 9.93. The lowest BCUT2D eigenvalue weighted by Gasteiger charge is -2.19. The van der Waals surface area contributed by atoms with Gasteiger partial charge in [0.15, 0.2) is 0 Å². The quantitative estimate of drug-likeness (QED) is 0.572. The number of aliphatic hydroxyl groups is 1. The van der Waals surface area contributed by atoms with E-state index in [0.717, 1.165) is 0 Å². The van der Waals surface area contributed by atoms with E-state index in [9.17, 15) is 0 Å². The lowest BCUT2D eigenvalue weighted by Crippen LogP contribution is -2.29. The number of hydrogen-bond acceptors (Lipinski definition) is 1.